The molecule has 0 unspecified atom stereocenters. The maximum absolute atomic E-state index is 12.7. The van der Waals surface area contributed by atoms with Crippen molar-refractivity contribution in [1.29, 1.82) is 0 Å². The van der Waals surface area contributed by atoms with E-state index in [9.17, 15) is 9.59 Å². The van der Waals surface area contributed by atoms with Gasteiger partial charge < -0.3 is 15.5 Å². The predicted octanol–water partition coefficient (Wildman–Crippen LogP) is 2.95. The molecule has 0 aromatic heterocycles. The van der Waals surface area contributed by atoms with Crippen LogP contribution in [-0.2, 0) is 4.79 Å². The summed E-state index contributed by atoms with van der Waals surface area (Å²) < 4.78 is 0. The molecular formula is C20H27N3O2S. The van der Waals surface area contributed by atoms with Gasteiger partial charge in [0.05, 0.1) is 18.1 Å². The number of ketones is 1. The average molecular weight is 374 g/mol. The maximum Gasteiger partial charge on any atom is 0.315 e. The SMILES string of the molecule is O=C1N[C@H]2[C@H](CS[C@H]2CCCCC(=O)[C@@H]2CCCN2c2ccccc2)N1. The molecule has 2 N–H and O–H groups in total. The lowest BCUT2D eigenvalue weighted by Gasteiger charge is -2.26. The van der Waals surface area contributed by atoms with Gasteiger partial charge in [0.1, 0.15) is 0 Å². The average Bonchev–Trinajstić information content (AvgIpc) is 3.35. The van der Waals surface area contributed by atoms with Crippen molar-refractivity contribution >= 4 is 29.3 Å². The number of urea groups is 1. The van der Waals surface area contributed by atoms with Gasteiger partial charge in [0.2, 0.25) is 0 Å². The van der Waals surface area contributed by atoms with Gasteiger partial charge >= 0.3 is 6.03 Å². The summed E-state index contributed by atoms with van der Waals surface area (Å²) in [5.74, 6) is 1.39. The summed E-state index contributed by atoms with van der Waals surface area (Å²) in [5, 5.41) is 6.51. The molecule has 0 radical (unpaired) electrons. The van der Waals surface area contributed by atoms with Crippen LogP contribution in [0.25, 0.3) is 0 Å². The minimum absolute atomic E-state index is 0.0253. The van der Waals surface area contributed by atoms with E-state index >= 15 is 0 Å². The molecule has 3 aliphatic rings. The first kappa shape index (κ1) is 17.7. The first-order valence-electron chi connectivity index (χ1n) is 9.75. The Morgan fingerprint density at radius 3 is 2.88 bits per heavy atom. The summed E-state index contributed by atoms with van der Waals surface area (Å²) in [5.41, 5.74) is 1.17. The van der Waals surface area contributed by atoms with E-state index in [0.717, 1.165) is 44.4 Å². The number of nitrogens with one attached hydrogen (secondary N) is 2. The Labute approximate surface area is 159 Å². The van der Waals surface area contributed by atoms with Crippen LogP contribution in [0.3, 0.4) is 0 Å². The van der Waals surface area contributed by atoms with Crippen molar-refractivity contribution < 1.29 is 9.59 Å². The number of thioether (sulfide) groups is 1. The van der Waals surface area contributed by atoms with Gasteiger partial charge in [-0.3, -0.25) is 4.79 Å². The summed E-state index contributed by atoms with van der Waals surface area (Å²) in [4.78, 5) is 26.4. The van der Waals surface area contributed by atoms with Crippen LogP contribution in [0.2, 0.25) is 0 Å². The molecule has 1 aromatic carbocycles. The fourth-order valence-corrected chi connectivity index (χ4v) is 6.03. The van der Waals surface area contributed by atoms with E-state index in [1.165, 1.54) is 5.69 Å². The minimum Gasteiger partial charge on any atom is -0.361 e. The second kappa shape index (κ2) is 7.91. The first-order chi connectivity index (χ1) is 12.7. The normalized spacial score (nSPS) is 30.2. The van der Waals surface area contributed by atoms with Gasteiger partial charge in [-0.05, 0) is 37.8 Å². The van der Waals surface area contributed by atoms with E-state index in [-0.39, 0.29) is 24.2 Å². The molecule has 1 aromatic rings. The molecule has 0 aliphatic carbocycles. The molecule has 0 saturated carbocycles. The molecule has 3 aliphatic heterocycles. The van der Waals surface area contributed by atoms with Crippen LogP contribution >= 0.6 is 11.8 Å². The molecule has 26 heavy (non-hydrogen) atoms. The Morgan fingerprint density at radius 1 is 1.19 bits per heavy atom. The Kier molecular flexibility index (Phi) is 5.38. The number of carbonyl (C=O) groups excluding carboxylic acids is 2. The first-order valence-corrected chi connectivity index (χ1v) is 10.8. The fourth-order valence-electron chi connectivity index (χ4n) is 4.48. The lowest BCUT2D eigenvalue weighted by atomic mass is 10.00. The molecule has 3 fully saturated rings. The van der Waals surface area contributed by atoms with E-state index in [1.807, 2.05) is 30.0 Å². The number of Topliss-reactive ketones (excluding diaryl/α,β-unsaturated/α-hetero) is 1. The fraction of sp³-hybridized carbons (Fsp3) is 0.600. The smallest absolute Gasteiger partial charge is 0.315 e. The van der Waals surface area contributed by atoms with Crippen molar-refractivity contribution in [3.8, 4) is 0 Å². The highest BCUT2D eigenvalue weighted by Gasteiger charge is 2.42. The van der Waals surface area contributed by atoms with Crippen molar-refractivity contribution in [2.75, 3.05) is 17.2 Å². The van der Waals surface area contributed by atoms with Crippen molar-refractivity contribution in [1.82, 2.24) is 10.6 Å². The summed E-state index contributed by atoms with van der Waals surface area (Å²) >= 11 is 1.95. The monoisotopic (exact) mass is 373 g/mol. The zero-order chi connectivity index (χ0) is 17.9. The molecule has 3 saturated heterocycles. The van der Waals surface area contributed by atoms with Gasteiger partial charge in [0.15, 0.2) is 5.78 Å². The maximum atomic E-state index is 12.7. The predicted molar refractivity (Wildman–Crippen MR) is 106 cm³/mol. The van der Waals surface area contributed by atoms with Crippen LogP contribution in [0.4, 0.5) is 10.5 Å². The van der Waals surface area contributed by atoms with E-state index in [0.29, 0.717) is 17.5 Å². The Morgan fingerprint density at radius 2 is 2.04 bits per heavy atom. The second-order valence-electron chi connectivity index (χ2n) is 7.52. The van der Waals surface area contributed by atoms with Gasteiger partial charge in [-0.1, -0.05) is 24.6 Å². The number of carbonyl (C=O) groups is 2. The molecule has 0 spiro atoms. The van der Waals surface area contributed by atoms with Crippen LogP contribution in [-0.4, -0.2) is 47.5 Å². The number of hydrogen-bond donors (Lipinski definition) is 2. The van der Waals surface area contributed by atoms with Crippen LogP contribution in [0, 0.1) is 0 Å². The van der Waals surface area contributed by atoms with Crippen molar-refractivity contribution in [2.45, 2.75) is 61.9 Å². The molecule has 140 valence electrons. The minimum atomic E-state index is -0.0253. The Bertz CT molecular complexity index is 654. The van der Waals surface area contributed by atoms with Crippen molar-refractivity contribution in [3.63, 3.8) is 0 Å². The summed E-state index contributed by atoms with van der Waals surface area (Å²) in [6.07, 6.45) is 5.83. The van der Waals surface area contributed by atoms with E-state index in [1.54, 1.807) is 0 Å². The quantitative estimate of drug-likeness (QED) is 0.570. The highest BCUT2D eigenvalue weighted by molar-refractivity contribution is 8.00. The highest BCUT2D eigenvalue weighted by Crippen LogP contribution is 2.33. The zero-order valence-electron chi connectivity index (χ0n) is 15.0. The summed E-state index contributed by atoms with van der Waals surface area (Å²) in [6, 6.07) is 10.9. The van der Waals surface area contributed by atoms with Gasteiger partial charge in [-0.2, -0.15) is 11.8 Å². The van der Waals surface area contributed by atoms with Crippen molar-refractivity contribution in [3.05, 3.63) is 30.3 Å². The highest BCUT2D eigenvalue weighted by atomic mass is 32.2. The lowest BCUT2D eigenvalue weighted by molar-refractivity contribution is -0.120. The number of amides is 2. The third kappa shape index (κ3) is 3.70. The molecule has 0 bridgehead atoms. The van der Waals surface area contributed by atoms with Gasteiger partial charge in [0.25, 0.3) is 0 Å². The standard InChI is InChI=1S/C20H27N3O2S/c24-17(16-9-6-12-23(16)14-7-2-1-3-8-14)10-4-5-11-18-19-15(13-26-18)21-20(25)22-19/h1-3,7-8,15-16,18-19H,4-6,9-13H2,(H2,21,22,25)/t15-,16-,18-,19-/m0/s1. The zero-order valence-corrected chi connectivity index (χ0v) is 15.8. The summed E-state index contributed by atoms with van der Waals surface area (Å²) in [6.45, 7) is 0.981. The number of rotatable bonds is 7. The van der Waals surface area contributed by atoms with Crippen LogP contribution < -0.4 is 15.5 Å². The molecule has 6 heteroatoms. The van der Waals surface area contributed by atoms with Gasteiger partial charge in [-0.15, -0.1) is 0 Å². The Balaban J connectivity index is 1.22. The largest absolute Gasteiger partial charge is 0.361 e. The number of unbranched alkanes of at least 4 members (excludes halogenated alkanes) is 1. The number of nitrogens with zero attached hydrogens (tertiary/aromatic N) is 1. The van der Waals surface area contributed by atoms with E-state index in [2.05, 4.69) is 27.7 Å². The van der Waals surface area contributed by atoms with E-state index in [4.69, 9.17) is 0 Å². The molecule has 4 rings (SSSR count). The lowest BCUT2D eigenvalue weighted by Crippen LogP contribution is -2.37. The molecular weight excluding hydrogens is 346 g/mol. The third-order valence-electron chi connectivity index (χ3n) is 5.81. The van der Waals surface area contributed by atoms with Crippen LogP contribution in [0.15, 0.2) is 30.3 Å². The molecule has 5 nitrogen and oxygen atoms in total. The van der Waals surface area contributed by atoms with Crippen LogP contribution in [0.5, 0.6) is 0 Å². The van der Waals surface area contributed by atoms with E-state index < -0.39 is 0 Å². The third-order valence-corrected chi connectivity index (χ3v) is 7.32. The van der Waals surface area contributed by atoms with Crippen LogP contribution in [0.1, 0.15) is 38.5 Å². The second-order valence-corrected chi connectivity index (χ2v) is 8.79. The molecule has 4 atom stereocenters. The van der Waals surface area contributed by atoms with Gasteiger partial charge in [0, 0.05) is 29.7 Å². The van der Waals surface area contributed by atoms with Gasteiger partial charge in [-0.25, -0.2) is 4.79 Å². The van der Waals surface area contributed by atoms with Crippen molar-refractivity contribution in [2.24, 2.45) is 0 Å². The summed E-state index contributed by atoms with van der Waals surface area (Å²) in [7, 11) is 0. The number of benzene rings is 1. The number of para-hydroxylation sites is 1. The number of anilines is 1. The molecule has 2 amide bonds. The Hall–Kier alpha value is -1.69. The number of hydrogen-bond acceptors (Lipinski definition) is 4. The molecule has 3 heterocycles. The number of fused-ring (bicyclic) bond motifs is 1. The topological polar surface area (TPSA) is 61.4 Å².